The highest BCUT2D eigenvalue weighted by Gasteiger charge is 2.14. The molecule has 94 valence electrons. The van der Waals surface area contributed by atoms with E-state index in [1.807, 2.05) is 6.92 Å². The van der Waals surface area contributed by atoms with Gasteiger partial charge in [-0.15, -0.1) is 0 Å². The van der Waals surface area contributed by atoms with Gasteiger partial charge in [-0.2, -0.15) is 0 Å². The molecule has 0 radical (unpaired) electrons. The summed E-state index contributed by atoms with van der Waals surface area (Å²) in [6, 6.07) is 3.30. The molecule has 0 aliphatic heterocycles. The first-order valence-electron chi connectivity index (χ1n) is 5.40. The molecule has 0 fully saturated rings. The number of alkyl halides is 1. The number of rotatable bonds is 5. The second-order valence-electron chi connectivity index (χ2n) is 3.87. The maximum absolute atomic E-state index is 13.0. The number of carbonyl (C=O) groups excluding carboxylic acids is 1. The van der Waals surface area contributed by atoms with E-state index in [-0.39, 0.29) is 17.4 Å². The normalized spacial score (nSPS) is 12.2. The Kier molecular flexibility index (Phi) is 5.41. The Morgan fingerprint density at radius 2 is 2.29 bits per heavy atom. The summed E-state index contributed by atoms with van der Waals surface area (Å²) in [7, 11) is 0. The lowest BCUT2D eigenvalue weighted by molar-refractivity contribution is 0.0935. The van der Waals surface area contributed by atoms with Crippen molar-refractivity contribution in [2.75, 3.05) is 5.33 Å². The third-order valence-electron chi connectivity index (χ3n) is 2.35. The maximum atomic E-state index is 13.0. The average molecular weight is 304 g/mol. The maximum Gasteiger partial charge on any atom is 0.255 e. The summed E-state index contributed by atoms with van der Waals surface area (Å²) in [6.07, 6.45) is 1.77. The molecule has 1 atom stereocenters. The van der Waals surface area contributed by atoms with Gasteiger partial charge in [-0.3, -0.25) is 4.79 Å². The molecular formula is C12H15BrFNO2. The molecule has 1 rings (SSSR count). The fraction of sp³-hybridized carbons (Fsp3) is 0.417. The van der Waals surface area contributed by atoms with Crippen LogP contribution in [0.1, 0.15) is 30.1 Å². The van der Waals surface area contributed by atoms with Crippen molar-refractivity contribution in [3.8, 4) is 5.75 Å². The minimum atomic E-state index is -0.541. The number of hydrogen-bond acceptors (Lipinski definition) is 2. The zero-order chi connectivity index (χ0) is 12.8. The molecule has 3 nitrogen and oxygen atoms in total. The number of hydrogen-bond donors (Lipinski definition) is 2. The van der Waals surface area contributed by atoms with Gasteiger partial charge in [0, 0.05) is 11.4 Å². The number of carbonyl (C=O) groups is 1. The van der Waals surface area contributed by atoms with Crippen molar-refractivity contribution < 1.29 is 14.3 Å². The van der Waals surface area contributed by atoms with Crippen LogP contribution < -0.4 is 5.32 Å². The van der Waals surface area contributed by atoms with Gasteiger partial charge in [-0.25, -0.2) is 4.39 Å². The summed E-state index contributed by atoms with van der Waals surface area (Å²) in [6.45, 7) is 1.87. The number of phenolic OH excluding ortho intramolecular Hbond substituents is 1. The summed E-state index contributed by atoms with van der Waals surface area (Å²) >= 11 is 3.31. The topological polar surface area (TPSA) is 49.3 Å². The first-order chi connectivity index (χ1) is 8.04. The van der Waals surface area contributed by atoms with Gasteiger partial charge in [0.05, 0.1) is 5.56 Å². The van der Waals surface area contributed by atoms with E-state index in [2.05, 4.69) is 21.2 Å². The summed E-state index contributed by atoms with van der Waals surface area (Å²) < 4.78 is 13.0. The van der Waals surface area contributed by atoms with E-state index in [9.17, 15) is 14.3 Å². The van der Waals surface area contributed by atoms with Crippen LogP contribution in [0.3, 0.4) is 0 Å². The first kappa shape index (κ1) is 14.0. The lowest BCUT2D eigenvalue weighted by atomic mass is 10.1. The highest BCUT2D eigenvalue weighted by atomic mass is 79.9. The van der Waals surface area contributed by atoms with Crippen LogP contribution in [-0.4, -0.2) is 22.4 Å². The van der Waals surface area contributed by atoms with Crippen LogP contribution in [0.15, 0.2) is 18.2 Å². The fourth-order valence-electron chi connectivity index (χ4n) is 1.45. The van der Waals surface area contributed by atoms with E-state index < -0.39 is 11.7 Å². The molecule has 0 aliphatic rings. The second-order valence-corrected chi connectivity index (χ2v) is 4.66. The Morgan fingerprint density at radius 3 is 2.94 bits per heavy atom. The monoisotopic (exact) mass is 303 g/mol. The van der Waals surface area contributed by atoms with Gasteiger partial charge in [-0.05, 0) is 38.0 Å². The van der Waals surface area contributed by atoms with Gasteiger partial charge >= 0.3 is 0 Å². The summed E-state index contributed by atoms with van der Waals surface area (Å²) in [4.78, 5) is 11.7. The Bertz CT molecular complexity index is 398. The Morgan fingerprint density at radius 1 is 1.59 bits per heavy atom. The van der Waals surface area contributed by atoms with Crippen LogP contribution in [0.25, 0.3) is 0 Å². The van der Waals surface area contributed by atoms with Crippen molar-refractivity contribution >= 4 is 21.8 Å². The van der Waals surface area contributed by atoms with Gasteiger partial charge in [0.2, 0.25) is 0 Å². The molecule has 5 heteroatoms. The number of phenols is 1. The summed E-state index contributed by atoms with van der Waals surface area (Å²) in [5, 5.41) is 13.0. The van der Waals surface area contributed by atoms with E-state index in [1.165, 1.54) is 6.07 Å². The molecule has 1 amide bonds. The molecule has 1 aromatic rings. The highest BCUT2D eigenvalue weighted by molar-refractivity contribution is 9.09. The second kappa shape index (κ2) is 6.59. The molecule has 17 heavy (non-hydrogen) atoms. The molecule has 1 aromatic carbocycles. The molecule has 0 saturated carbocycles. The van der Waals surface area contributed by atoms with Gasteiger partial charge in [0.25, 0.3) is 5.91 Å². The van der Waals surface area contributed by atoms with E-state index in [4.69, 9.17) is 0 Å². The van der Waals surface area contributed by atoms with Crippen LogP contribution in [0.2, 0.25) is 0 Å². The quantitative estimate of drug-likeness (QED) is 0.822. The van der Waals surface area contributed by atoms with E-state index >= 15 is 0 Å². The largest absolute Gasteiger partial charge is 0.507 e. The fourth-order valence-corrected chi connectivity index (χ4v) is 1.77. The predicted molar refractivity (Wildman–Crippen MR) is 68.0 cm³/mol. The predicted octanol–water partition coefficient (Wildman–Crippen LogP) is 2.82. The van der Waals surface area contributed by atoms with Gasteiger partial charge in [0.15, 0.2) is 0 Å². The zero-order valence-electron chi connectivity index (χ0n) is 9.54. The Hall–Kier alpha value is -1.10. The third-order valence-corrected chi connectivity index (χ3v) is 2.91. The van der Waals surface area contributed by atoms with Crippen molar-refractivity contribution in [3.05, 3.63) is 29.6 Å². The number of halogens is 2. The zero-order valence-corrected chi connectivity index (χ0v) is 11.1. The van der Waals surface area contributed by atoms with Crippen LogP contribution in [0.4, 0.5) is 4.39 Å². The molecule has 0 bridgehead atoms. The van der Waals surface area contributed by atoms with Gasteiger partial charge < -0.3 is 10.4 Å². The molecule has 0 aliphatic carbocycles. The van der Waals surface area contributed by atoms with Crippen LogP contribution in [0.5, 0.6) is 5.75 Å². The number of benzene rings is 1. The van der Waals surface area contributed by atoms with E-state index in [0.717, 1.165) is 30.3 Å². The Balaban J connectivity index is 2.66. The smallest absolute Gasteiger partial charge is 0.255 e. The number of nitrogens with one attached hydrogen (secondary N) is 1. The van der Waals surface area contributed by atoms with Crippen molar-refractivity contribution in [2.24, 2.45) is 0 Å². The summed E-state index contributed by atoms with van der Waals surface area (Å²) in [5.74, 6) is -1.21. The molecule has 1 unspecified atom stereocenters. The van der Waals surface area contributed by atoms with Crippen molar-refractivity contribution in [1.82, 2.24) is 5.32 Å². The Labute approximate surface area is 108 Å². The molecule has 2 N–H and O–H groups in total. The minimum absolute atomic E-state index is 0.0114. The minimum Gasteiger partial charge on any atom is -0.507 e. The molecule has 0 saturated heterocycles. The standard InChI is InChI=1S/C12H15BrFNO2/c1-8(3-2-6-13)15-12(17)10-7-9(14)4-5-11(10)16/h4-5,7-8,16H,2-3,6H2,1H3,(H,15,17). The van der Waals surface area contributed by atoms with Crippen molar-refractivity contribution in [3.63, 3.8) is 0 Å². The highest BCUT2D eigenvalue weighted by Crippen LogP contribution is 2.17. The van der Waals surface area contributed by atoms with Crippen LogP contribution in [-0.2, 0) is 0 Å². The molecule has 0 aromatic heterocycles. The molecule has 0 spiro atoms. The SMILES string of the molecule is CC(CCCBr)NC(=O)c1cc(F)ccc1O. The first-order valence-corrected chi connectivity index (χ1v) is 6.52. The van der Waals surface area contributed by atoms with Gasteiger partial charge in [-0.1, -0.05) is 15.9 Å². The van der Waals surface area contributed by atoms with E-state index in [0.29, 0.717) is 0 Å². The van der Waals surface area contributed by atoms with Crippen LogP contribution >= 0.6 is 15.9 Å². The third kappa shape index (κ3) is 4.34. The van der Waals surface area contributed by atoms with Crippen molar-refractivity contribution in [2.45, 2.75) is 25.8 Å². The lowest BCUT2D eigenvalue weighted by Gasteiger charge is -2.13. The lowest BCUT2D eigenvalue weighted by Crippen LogP contribution is -2.32. The summed E-state index contributed by atoms with van der Waals surface area (Å²) in [5.41, 5.74) is -0.0318. The van der Waals surface area contributed by atoms with Crippen LogP contribution in [0, 0.1) is 5.82 Å². The molecular weight excluding hydrogens is 289 g/mol. The van der Waals surface area contributed by atoms with E-state index in [1.54, 1.807) is 0 Å². The average Bonchev–Trinajstić information content (AvgIpc) is 2.29. The van der Waals surface area contributed by atoms with Crippen molar-refractivity contribution in [1.29, 1.82) is 0 Å². The molecule has 0 heterocycles. The van der Waals surface area contributed by atoms with Gasteiger partial charge in [0.1, 0.15) is 11.6 Å². The number of aromatic hydroxyl groups is 1. The number of amides is 1.